The summed E-state index contributed by atoms with van der Waals surface area (Å²) in [5.41, 5.74) is 0. The van der Waals surface area contributed by atoms with E-state index in [9.17, 15) is 24.8 Å². The van der Waals surface area contributed by atoms with Crippen molar-refractivity contribution in [1.82, 2.24) is 0 Å². The van der Waals surface area contributed by atoms with E-state index in [0.29, 0.717) is 6.61 Å². The topological polar surface area (TPSA) is 126 Å². The Balaban J connectivity index is 2.01. The van der Waals surface area contributed by atoms with E-state index in [1.54, 1.807) is 18.2 Å². The van der Waals surface area contributed by atoms with Gasteiger partial charge in [-0.2, -0.15) is 0 Å². The summed E-state index contributed by atoms with van der Waals surface area (Å²) in [6, 6.07) is 7.77. The second-order valence-electron chi connectivity index (χ2n) is 7.27. The fourth-order valence-electron chi connectivity index (χ4n) is 3.23. The SMILES string of the molecule is CCCCCCCCOC1O[C@H](CO)[C@@H](O)[C@H](O)[C@H]1OP(=O)(O)c1ccccc1. The van der Waals surface area contributed by atoms with Gasteiger partial charge in [-0.15, -0.1) is 0 Å². The van der Waals surface area contributed by atoms with Crippen molar-refractivity contribution >= 4 is 12.9 Å². The first-order chi connectivity index (χ1) is 13.9. The van der Waals surface area contributed by atoms with E-state index < -0.39 is 44.9 Å². The van der Waals surface area contributed by atoms with E-state index in [1.165, 1.54) is 18.6 Å². The molecular weight excluding hydrogens is 399 g/mol. The maximum Gasteiger partial charge on any atom is 0.359 e. The Morgan fingerprint density at radius 3 is 2.34 bits per heavy atom. The molecule has 0 spiro atoms. The zero-order valence-electron chi connectivity index (χ0n) is 16.8. The van der Waals surface area contributed by atoms with Crippen LogP contribution in [0, 0.1) is 0 Å². The van der Waals surface area contributed by atoms with Gasteiger partial charge in [0.15, 0.2) is 6.29 Å². The largest absolute Gasteiger partial charge is 0.394 e. The molecule has 2 rings (SSSR count). The summed E-state index contributed by atoms with van der Waals surface area (Å²) >= 11 is 0. The van der Waals surface area contributed by atoms with Crippen LogP contribution in [0.4, 0.5) is 0 Å². The lowest BCUT2D eigenvalue weighted by molar-refractivity contribution is -0.296. The van der Waals surface area contributed by atoms with E-state index in [2.05, 4.69) is 6.92 Å². The van der Waals surface area contributed by atoms with Gasteiger partial charge in [0.2, 0.25) is 0 Å². The third-order valence-electron chi connectivity index (χ3n) is 4.95. The lowest BCUT2D eigenvalue weighted by atomic mass is 9.99. The maximum atomic E-state index is 12.7. The quantitative estimate of drug-likeness (QED) is 0.291. The predicted octanol–water partition coefficient (Wildman–Crippen LogP) is 1.70. The Morgan fingerprint density at radius 1 is 1.03 bits per heavy atom. The fourth-order valence-corrected chi connectivity index (χ4v) is 4.45. The fraction of sp³-hybridized carbons (Fsp3) is 0.700. The molecule has 9 heteroatoms. The second-order valence-corrected chi connectivity index (χ2v) is 9.04. The number of rotatable bonds is 12. The molecule has 4 N–H and O–H groups in total. The highest BCUT2D eigenvalue weighted by molar-refractivity contribution is 7.61. The van der Waals surface area contributed by atoms with Crippen molar-refractivity contribution in [2.24, 2.45) is 0 Å². The molecule has 0 radical (unpaired) electrons. The Morgan fingerprint density at radius 2 is 1.69 bits per heavy atom. The van der Waals surface area contributed by atoms with Gasteiger partial charge in [0.1, 0.15) is 24.4 Å². The van der Waals surface area contributed by atoms with Gasteiger partial charge in [0, 0.05) is 6.61 Å². The summed E-state index contributed by atoms with van der Waals surface area (Å²) in [5.74, 6) is 0. The molecule has 2 unspecified atom stereocenters. The van der Waals surface area contributed by atoms with Gasteiger partial charge in [-0.25, -0.2) is 0 Å². The molecule has 0 amide bonds. The van der Waals surface area contributed by atoms with Crippen LogP contribution in [0.25, 0.3) is 0 Å². The first-order valence-corrected chi connectivity index (χ1v) is 11.8. The molecular formula is C20H33O8P. The highest BCUT2D eigenvalue weighted by Gasteiger charge is 2.48. The van der Waals surface area contributed by atoms with Crippen molar-refractivity contribution < 1.29 is 38.8 Å². The summed E-state index contributed by atoms with van der Waals surface area (Å²) in [5, 5.41) is 30.0. The van der Waals surface area contributed by atoms with Gasteiger partial charge >= 0.3 is 7.60 Å². The summed E-state index contributed by atoms with van der Waals surface area (Å²) in [6.07, 6.45) is -0.359. The third kappa shape index (κ3) is 7.12. The monoisotopic (exact) mass is 432 g/mol. The third-order valence-corrected chi connectivity index (χ3v) is 6.43. The predicted molar refractivity (Wildman–Crippen MR) is 108 cm³/mol. The number of hydrogen-bond donors (Lipinski definition) is 4. The van der Waals surface area contributed by atoms with Gasteiger partial charge in [-0.1, -0.05) is 57.2 Å². The van der Waals surface area contributed by atoms with E-state index in [0.717, 1.165) is 32.1 Å². The van der Waals surface area contributed by atoms with Crippen molar-refractivity contribution in [2.45, 2.75) is 76.2 Å². The molecule has 0 aliphatic carbocycles. The smallest absolute Gasteiger partial charge is 0.359 e. The highest BCUT2D eigenvalue weighted by Crippen LogP contribution is 2.44. The average molecular weight is 432 g/mol. The van der Waals surface area contributed by atoms with Crippen LogP contribution < -0.4 is 5.30 Å². The molecule has 29 heavy (non-hydrogen) atoms. The van der Waals surface area contributed by atoms with Crippen molar-refractivity contribution in [3.8, 4) is 0 Å². The van der Waals surface area contributed by atoms with Gasteiger partial charge in [-0.3, -0.25) is 9.09 Å². The van der Waals surface area contributed by atoms with Crippen LogP contribution >= 0.6 is 7.60 Å². The number of aliphatic hydroxyl groups is 3. The van der Waals surface area contributed by atoms with Crippen molar-refractivity contribution in [1.29, 1.82) is 0 Å². The van der Waals surface area contributed by atoms with Gasteiger partial charge < -0.3 is 29.7 Å². The molecule has 6 atom stereocenters. The van der Waals surface area contributed by atoms with E-state index >= 15 is 0 Å². The number of hydrogen-bond acceptors (Lipinski definition) is 7. The van der Waals surface area contributed by atoms with Gasteiger partial charge in [0.25, 0.3) is 0 Å². The first-order valence-electron chi connectivity index (χ1n) is 10.2. The standard InChI is InChI=1S/C20H33O8P/c1-2-3-4-5-6-10-13-26-20-19(18(23)17(22)16(14-21)27-20)28-29(24,25)15-11-8-7-9-12-15/h7-9,11-12,16-23H,2-6,10,13-14H2,1H3,(H,24,25)/t16-,17-,18+,19-,20?/m1/s1. The molecule has 1 saturated heterocycles. The Kier molecular flexibility index (Phi) is 10.2. The van der Waals surface area contributed by atoms with Crippen molar-refractivity contribution in [3.63, 3.8) is 0 Å². The normalized spacial score (nSPS) is 29.5. The molecule has 0 aromatic heterocycles. The van der Waals surface area contributed by atoms with E-state index in [4.69, 9.17) is 14.0 Å². The van der Waals surface area contributed by atoms with Crippen LogP contribution in [0.1, 0.15) is 45.4 Å². The van der Waals surface area contributed by atoms with E-state index in [-0.39, 0.29) is 5.30 Å². The van der Waals surface area contributed by atoms with Gasteiger partial charge in [0.05, 0.1) is 11.9 Å². The van der Waals surface area contributed by atoms with Crippen LogP contribution in [-0.4, -0.2) is 64.1 Å². The molecule has 1 aromatic carbocycles. The average Bonchev–Trinajstić information content (AvgIpc) is 2.72. The minimum atomic E-state index is -4.29. The zero-order chi connectivity index (χ0) is 21.3. The molecule has 166 valence electrons. The molecule has 1 fully saturated rings. The number of aliphatic hydroxyl groups excluding tert-OH is 3. The molecule has 1 aliphatic heterocycles. The van der Waals surface area contributed by atoms with Crippen LogP contribution in [0.15, 0.2) is 30.3 Å². The van der Waals surface area contributed by atoms with E-state index in [1.807, 2.05) is 0 Å². The summed E-state index contributed by atoms with van der Waals surface area (Å²) in [7, 11) is -4.29. The minimum absolute atomic E-state index is 0.0562. The Bertz CT molecular complexity index is 628. The second kappa shape index (κ2) is 12.1. The zero-order valence-corrected chi connectivity index (χ0v) is 17.7. The van der Waals surface area contributed by atoms with Crippen LogP contribution in [0.3, 0.4) is 0 Å². The highest BCUT2D eigenvalue weighted by atomic mass is 31.2. The first kappa shape index (κ1) is 24.4. The summed E-state index contributed by atoms with van der Waals surface area (Å²) < 4.78 is 29.2. The summed E-state index contributed by atoms with van der Waals surface area (Å²) in [4.78, 5) is 10.4. The number of ether oxygens (including phenoxy) is 2. The maximum absolute atomic E-state index is 12.7. The van der Waals surface area contributed by atoms with Crippen molar-refractivity contribution in [2.75, 3.05) is 13.2 Å². The number of unbranched alkanes of at least 4 members (excludes halogenated alkanes) is 5. The number of benzene rings is 1. The van der Waals surface area contributed by atoms with Crippen LogP contribution in [-0.2, 0) is 18.6 Å². The molecule has 1 aliphatic rings. The lowest BCUT2D eigenvalue weighted by Gasteiger charge is -2.42. The molecule has 0 saturated carbocycles. The lowest BCUT2D eigenvalue weighted by Crippen LogP contribution is -2.60. The molecule has 8 nitrogen and oxygen atoms in total. The van der Waals surface area contributed by atoms with Crippen LogP contribution in [0.2, 0.25) is 0 Å². The Hall–Kier alpha value is -0.830. The minimum Gasteiger partial charge on any atom is -0.394 e. The molecule has 1 heterocycles. The Labute approximate surface area is 172 Å². The van der Waals surface area contributed by atoms with Gasteiger partial charge in [-0.05, 0) is 18.6 Å². The van der Waals surface area contributed by atoms with Crippen LogP contribution in [0.5, 0.6) is 0 Å². The van der Waals surface area contributed by atoms with Crippen molar-refractivity contribution in [3.05, 3.63) is 30.3 Å². The summed E-state index contributed by atoms with van der Waals surface area (Å²) in [6.45, 7) is 1.92. The molecule has 0 bridgehead atoms. The molecule has 1 aromatic rings.